The molecule has 2 rings (SSSR count). The van der Waals surface area contributed by atoms with Crippen molar-refractivity contribution in [2.75, 3.05) is 11.9 Å². The zero-order valence-electron chi connectivity index (χ0n) is 11.4. The van der Waals surface area contributed by atoms with Crippen LogP contribution in [0, 0.1) is 26.1 Å². The highest BCUT2D eigenvalue weighted by Crippen LogP contribution is 2.33. The van der Waals surface area contributed by atoms with Crippen molar-refractivity contribution in [2.24, 2.45) is 5.92 Å². The van der Waals surface area contributed by atoms with Gasteiger partial charge in [-0.3, -0.25) is 20.2 Å². The second kappa shape index (κ2) is 6.49. The molecule has 2 N–H and O–H groups in total. The number of aliphatic hydroxyl groups excluding tert-OH is 1. The van der Waals surface area contributed by atoms with Crippen LogP contribution in [0.1, 0.15) is 25.7 Å². The molecule has 1 fully saturated rings. The number of nitrogens with zero attached hydrogens (tertiary/aromatic N) is 2. The summed E-state index contributed by atoms with van der Waals surface area (Å²) in [5.74, 6) is 0.0496. The fourth-order valence-corrected chi connectivity index (χ4v) is 2.72. The number of anilines is 1. The number of hydrogen-bond donors (Lipinski definition) is 2. The Labute approximate surface area is 121 Å². The van der Waals surface area contributed by atoms with Gasteiger partial charge in [0.05, 0.1) is 15.9 Å². The van der Waals surface area contributed by atoms with E-state index in [4.69, 9.17) is 0 Å². The van der Waals surface area contributed by atoms with E-state index in [0.717, 1.165) is 31.7 Å². The van der Waals surface area contributed by atoms with Crippen LogP contribution in [0.4, 0.5) is 17.1 Å². The van der Waals surface area contributed by atoms with Gasteiger partial charge in [0.2, 0.25) is 0 Å². The number of non-ortho nitro benzene ring substituents is 1. The van der Waals surface area contributed by atoms with Gasteiger partial charge in [-0.05, 0) is 18.9 Å². The van der Waals surface area contributed by atoms with Crippen LogP contribution in [0.15, 0.2) is 18.2 Å². The molecule has 0 heterocycles. The third-order valence-electron chi connectivity index (χ3n) is 3.87. The maximum absolute atomic E-state index is 11.1. The number of hydrogen-bond acceptors (Lipinski definition) is 6. The highest BCUT2D eigenvalue weighted by molar-refractivity contribution is 5.65. The summed E-state index contributed by atoms with van der Waals surface area (Å²) in [7, 11) is 0. The van der Waals surface area contributed by atoms with Crippen molar-refractivity contribution in [2.45, 2.75) is 31.7 Å². The Morgan fingerprint density at radius 3 is 2.52 bits per heavy atom. The molecule has 8 heteroatoms. The fraction of sp³-hybridized carbons (Fsp3) is 0.538. The lowest BCUT2D eigenvalue weighted by Crippen LogP contribution is -2.34. The summed E-state index contributed by atoms with van der Waals surface area (Å²) < 4.78 is 0. The van der Waals surface area contributed by atoms with Crippen LogP contribution in [0.25, 0.3) is 0 Å². The average molecular weight is 295 g/mol. The number of rotatable bonds is 5. The van der Waals surface area contributed by atoms with Crippen molar-refractivity contribution in [3.63, 3.8) is 0 Å². The first kappa shape index (κ1) is 15.2. The van der Waals surface area contributed by atoms with Crippen molar-refractivity contribution in [1.29, 1.82) is 0 Å². The molecule has 0 unspecified atom stereocenters. The van der Waals surface area contributed by atoms with E-state index in [-0.39, 0.29) is 35.6 Å². The summed E-state index contributed by atoms with van der Waals surface area (Å²) >= 11 is 0. The second-order valence-corrected chi connectivity index (χ2v) is 5.19. The Bertz CT molecular complexity index is 549. The van der Waals surface area contributed by atoms with Crippen molar-refractivity contribution < 1.29 is 15.0 Å². The Morgan fingerprint density at radius 2 is 1.90 bits per heavy atom. The topological polar surface area (TPSA) is 119 Å². The van der Waals surface area contributed by atoms with Gasteiger partial charge in [0.1, 0.15) is 5.69 Å². The summed E-state index contributed by atoms with van der Waals surface area (Å²) in [5, 5.41) is 34.2. The third-order valence-corrected chi connectivity index (χ3v) is 3.87. The molecule has 0 amide bonds. The van der Waals surface area contributed by atoms with E-state index in [0.29, 0.717) is 0 Å². The van der Waals surface area contributed by atoms with E-state index < -0.39 is 9.85 Å². The van der Waals surface area contributed by atoms with E-state index in [2.05, 4.69) is 5.32 Å². The summed E-state index contributed by atoms with van der Waals surface area (Å²) in [5.41, 5.74) is -0.364. The SMILES string of the molecule is O=[N+]([O-])c1ccc(N[C@@H]2CCCC[C@H]2CO)c([N+](=O)[O-])c1. The van der Waals surface area contributed by atoms with E-state index in [1.165, 1.54) is 12.1 Å². The predicted octanol–water partition coefficient (Wildman–Crippen LogP) is 2.47. The molecule has 1 aliphatic carbocycles. The highest BCUT2D eigenvalue weighted by Gasteiger charge is 2.27. The molecule has 1 aromatic carbocycles. The number of benzene rings is 1. The summed E-state index contributed by atoms with van der Waals surface area (Å²) in [6.45, 7) is 0.0262. The molecular weight excluding hydrogens is 278 g/mol. The standard InChI is InChI=1S/C13H17N3O5/c17-8-9-3-1-2-4-11(9)14-12-6-5-10(15(18)19)7-13(12)16(20)21/h5-7,9,11,14,17H,1-4,8H2/t9-,11+/m0/s1. The van der Waals surface area contributed by atoms with Gasteiger partial charge in [-0.2, -0.15) is 0 Å². The lowest BCUT2D eigenvalue weighted by molar-refractivity contribution is -0.393. The maximum atomic E-state index is 11.1. The molecule has 1 saturated carbocycles. The smallest absolute Gasteiger partial charge is 0.299 e. The molecule has 0 spiro atoms. The first-order valence-electron chi connectivity index (χ1n) is 6.83. The van der Waals surface area contributed by atoms with Crippen LogP contribution in [-0.2, 0) is 0 Å². The minimum absolute atomic E-state index is 0.0262. The number of nitro groups is 2. The summed E-state index contributed by atoms with van der Waals surface area (Å²) in [6.07, 6.45) is 3.72. The molecule has 0 aromatic heterocycles. The first-order valence-corrected chi connectivity index (χ1v) is 6.83. The maximum Gasteiger partial charge on any atom is 0.299 e. The molecule has 114 valence electrons. The van der Waals surface area contributed by atoms with E-state index in [9.17, 15) is 25.3 Å². The zero-order chi connectivity index (χ0) is 15.4. The average Bonchev–Trinajstić information content (AvgIpc) is 2.47. The molecular formula is C13H17N3O5. The highest BCUT2D eigenvalue weighted by atomic mass is 16.6. The van der Waals surface area contributed by atoms with Gasteiger partial charge in [0.15, 0.2) is 0 Å². The van der Waals surface area contributed by atoms with Crippen LogP contribution >= 0.6 is 0 Å². The van der Waals surface area contributed by atoms with Gasteiger partial charge in [-0.1, -0.05) is 12.8 Å². The number of aliphatic hydroxyl groups is 1. The molecule has 0 saturated heterocycles. The minimum atomic E-state index is -0.659. The lowest BCUT2D eigenvalue weighted by atomic mass is 9.85. The van der Waals surface area contributed by atoms with Crippen molar-refractivity contribution in [3.8, 4) is 0 Å². The predicted molar refractivity (Wildman–Crippen MR) is 76.2 cm³/mol. The van der Waals surface area contributed by atoms with Gasteiger partial charge in [0.25, 0.3) is 11.4 Å². The van der Waals surface area contributed by atoms with Gasteiger partial charge in [-0.25, -0.2) is 0 Å². The van der Waals surface area contributed by atoms with Crippen molar-refractivity contribution in [3.05, 3.63) is 38.4 Å². The zero-order valence-corrected chi connectivity index (χ0v) is 11.4. The number of nitrogens with one attached hydrogen (secondary N) is 1. The Kier molecular flexibility index (Phi) is 4.69. The Hall–Kier alpha value is -2.22. The van der Waals surface area contributed by atoms with Gasteiger partial charge >= 0.3 is 0 Å². The van der Waals surface area contributed by atoms with Crippen molar-refractivity contribution in [1.82, 2.24) is 0 Å². The molecule has 0 radical (unpaired) electrons. The van der Waals surface area contributed by atoms with Gasteiger partial charge in [-0.15, -0.1) is 0 Å². The third kappa shape index (κ3) is 3.46. The molecule has 0 bridgehead atoms. The van der Waals surface area contributed by atoms with Crippen LogP contribution in [0.2, 0.25) is 0 Å². The molecule has 1 aliphatic rings. The van der Waals surface area contributed by atoms with Crippen LogP contribution in [0.5, 0.6) is 0 Å². The number of nitro benzene ring substituents is 2. The largest absolute Gasteiger partial charge is 0.396 e. The van der Waals surface area contributed by atoms with Gasteiger partial charge < -0.3 is 10.4 Å². The van der Waals surface area contributed by atoms with Crippen molar-refractivity contribution >= 4 is 17.1 Å². The fourth-order valence-electron chi connectivity index (χ4n) is 2.72. The van der Waals surface area contributed by atoms with Crippen LogP contribution < -0.4 is 5.32 Å². The molecule has 8 nitrogen and oxygen atoms in total. The van der Waals surface area contributed by atoms with Gasteiger partial charge in [0, 0.05) is 24.6 Å². The second-order valence-electron chi connectivity index (χ2n) is 5.19. The summed E-state index contributed by atoms with van der Waals surface area (Å²) in [4.78, 5) is 20.5. The molecule has 0 aliphatic heterocycles. The Morgan fingerprint density at radius 1 is 1.19 bits per heavy atom. The monoisotopic (exact) mass is 295 g/mol. The van der Waals surface area contributed by atoms with E-state index in [1.807, 2.05) is 0 Å². The Balaban J connectivity index is 2.26. The first-order chi connectivity index (χ1) is 10.0. The lowest BCUT2D eigenvalue weighted by Gasteiger charge is -2.31. The normalized spacial score (nSPS) is 21.8. The quantitative estimate of drug-likeness (QED) is 0.636. The molecule has 2 atom stereocenters. The summed E-state index contributed by atoms with van der Waals surface area (Å²) in [6, 6.07) is 3.51. The molecule has 1 aromatic rings. The van der Waals surface area contributed by atoms with E-state index in [1.54, 1.807) is 0 Å². The molecule has 21 heavy (non-hydrogen) atoms. The van der Waals surface area contributed by atoms with E-state index >= 15 is 0 Å². The van der Waals surface area contributed by atoms with Crippen LogP contribution in [0.3, 0.4) is 0 Å². The minimum Gasteiger partial charge on any atom is -0.396 e. The van der Waals surface area contributed by atoms with Crippen LogP contribution in [-0.4, -0.2) is 27.6 Å².